The molecule has 7 N–H and O–H groups in total. The molecule has 0 spiro atoms. The van der Waals surface area contributed by atoms with Crippen molar-refractivity contribution < 1.29 is 18.0 Å². The highest BCUT2D eigenvalue weighted by molar-refractivity contribution is 9.10. The Morgan fingerprint density at radius 2 is 2.00 bits per heavy atom. The molecule has 0 bridgehead atoms. The lowest BCUT2D eigenvalue weighted by molar-refractivity contribution is -0.122. The summed E-state index contributed by atoms with van der Waals surface area (Å²) < 4.78 is 27.6. The number of nitrogen functional groups attached to an aromatic ring is 1. The Bertz CT molecular complexity index is 1140. The molecule has 0 unspecified atom stereocenters. The smallest absolute Gasteiger partial charge is 0.272 e. The molecule has 1 aromatic carbocycles. The predicted octanol–water partition coefficient (Wildman–Crippen LogP) is -0.345. The van der Waals surface area contributed by atoms with Crippen molar-refractivity contribution in [2.24, 2.45) is 16.6 Å². The number of amides is 1. The number of aryl methyl sites for hydroxylation is 1. The van der Waals surface area contributed by atoms with Crippen LogP contribution in [0.3, 0.4) is 0 Å². The van der Waals surface area contributed by atoms with Gasteiger partial charge in [0, 0.05) is 10.2 Å². The van der Waals surface area contributed by atoms with Crippen LogP contribution in [-0.2, 0) is 26.0 Å². The SMILES string of the molecule is Cc1cc(N)c(S(=O)(=O)c2cccc(Br)c2)c(=O)n1CC(=O)NCCON=C(N)N. The second kappa shape index (κ2) is 9.63. The second-order valence-electron chi connectivity index (χ2n) is 6.12. The van der Waals surface area contributed by atoms with E-state index >= 15 is 0 Å². The Kier molecular flexibility index (Phi) is 7.45. The van der Waals surface area contributed by atoms with Crippen LogP contribution in [0.2, 0.25) is 0 Å². The van der Waals surface area contributed by atoms with Crippen LogP contribution in [0.5, 0.6) is 0 Å². The summed E-state index contributed by atoms with van der Waals surface area (Å²) in [6, 6.07) is 7.23. The minimum atomic E-state index is -4.21. The van der Waals surface area contributed by atoms with Gasteiger partial charge in [-0.15, -0.1) is 0 Å². The molecular weight excluding hydrogens is 480 g/mol. The number of hydrogen-bond acceptors (Lipinski definition) is 7. The van der Waals surface area contributed by atoms with E-state index in [4.69, 9.17) is 22.0 Å². The third kappa shape index (κ3) is 5.51. The molecular formula is C17H21BrN6O5S. The summed E-state index contributed by atoms with van der Waals surface area (Å²) in [6.45, 7) is 1.21. The van der Waals surface area contributed by atoms with Crippen molar-refractivity contribution in [2.45, 2.75) is 23.3 Å². The number of pyridine rings is 1. The van der Waals surface area contributed by atoms with Crippen molar-refractivity contribution in [1.82, 2.24) is 9.88 Å². The highest BCUT2D eigenvalue weighted by Gasteiger charge is 2.27. The van der Waals surface area contributed by atoms with Crippen molar-refractivity contribution in [3.8, 4) is 0 Å². The number of nitrogens with zero attached hydrogens (tertiary/aromatic N) is 2. The molecule has 2 rings (SSSR count). The van der Waals surface area contributed by atoms with Crippen molar-refractivity contribution in [1.29, 1.82) is 0 Å². The van der Waals surface area contributed by atoms with Gasteiger partial charge in [-0.2, -0.15) is 0 Å². The zero-order valence-electron chi connectivity index (χ0n) is 16.0. The molecule has 0 aliphatic carbocycles. The summed E-state index contributed by atoms with van der Waals surface area (Å²) in [7, 11) is -4.21. The first-order chi connectivity index (χ1) is 14.0. The van der Waals surface area contributed by atoms with Crippen LogP contribution in [0, 0.1) is 6.92 Å². The number of nitrogens with two attached hydrogens (primary N) is 3. The molecule has 2 aromatic rings. The molecule has 0 atom stereocenters. The molecule has 162 valence electrons. The number of nitrogens with one attached hydrogen (secondary N) is 1. The topological polar surface area (TPSA) is 185 Å². The molecule has 30 heavy (non-hydrogen) atoms. The molecule has 11 nitrogen and oxygen atoms in total. The zero-order chi connectivity index (χ0) is 22.5. The van der Waals surface area contributed by atoms with Gasteiger partial charge in [-0.25, -0.2) is 8.42 Å². The second-order valence-corrected chi connectivity index (χ2v) is 8.92. The first kappa shape index (κ1) is 23.2. The van der Waals surface area contributed by atoms with Gasteiger partial charge in [-0.3, -0.25) is 9.59 Å². The number of hydrogen-bond donors (Lipinski definition) is 4. The minimum absolute atomic E-state index is 0.00176. The average Bonchev–Trinajstić information content (AvgIpc) is 2.64. The first-order valence-electron chi connectivity index (χ1n) is 8.52. The van der Waals surface area contributed by atoms with E-state index in [0.717, 1.165) is 4.57 Å². The van der Waals surface area contributed by atoms with Gasteiger partial charge in [0.25, 0.3) is 5.56 Å². The number of guanidine groups is 1. The standard InChI is InChI=1S/C17H21BrN6O5S/c1-10-7-13(19)15(30(27,28)12-4-2-3-11(18)8-12)16(26)24(10)9-14(25)22-5-6-29-23-17(20)21/h2-4,7-8H,5-6,9,19H2,1H3,(H,22,25)(H4,20,21,23). The summed E-state index contributed by atoms with van der Waals surface area (Å²) in [5.74, 6) is -0.798. The molecule has 0 aliphatic heterocycles. The van der Waals surface area contributed by atoms with Crippen LogP contribution in [-0.4, -0.2) is 38.0 Å². The molecule has 1 amide bonds. The number of carbonyl (C=O) groups is 1. The lowest BCUT2D eigenvalue weighted by Crippen LogP contribution is -2.37. The van der Waals surface area contributed by atoms with Gasteiger partial charge >= 0.3 is 0 Å². The summed E-state index contributed by atoms with van der Waals surface area (Å²) in [6.07, 6.45) is 0. The van der Waals surface area contributed by atoms with Crippen LogP contribution in [0.25, 0.3) is 0 Å². The van der Waals surface area contributed by atoms with Gasteiger partial charge < -0.3 is 31.9 Å². The lowest BCUT2D eigenvalue weighted by Gasteiger charge is -2.14. The third-order valence-electron chi connectivity index (χ3n) is 3.85. The monoisotopic (exact) mass is 500 g/mol. The fourth-order valence-corrected chi connectivity index (χ4v) is 4.58. The highest BCUT2D eigenvalue weighted by Crippen LogP contribution is 2.25. The van der Waals surface area contributed by atoms with Gasteiger partial charge in [-0.05, 0) is 36.3 Å². The van der Waals surface area contributed by atoms with E-state index in [1.54, 1.807) is 13.0 Å². The van der Waals surface area contributed by atoms with Gasteiger partial charge in [0.1, 0.15) is 13.2 Å². The fourth-order valence-electron chi connectivity index (χ4n) is 2.55. The van der Waals surface area contributed by atoms with Crippen molar-refractivity contribution >= 4 is 43.3 Å². The lowest BCUT2D eigenvalue weighted by atomic mass is 10.3. The average molecular weight is 501 g/mol. The third-order valence-corrected chi connectivity index (χ3v) is 6.17. The van der Waals surface area contributed by atoms with Crippen LogP contribution in [0.4, 0.5) is 5.69 Å². The van der Waals surface area contributed by atoms with Crippen molar-refractivity contribution in [3.05, 3.63) is 50.9 Å². The molecule has 0 radical (unpaired) electrons. The molecule has 0 aliphatic rings. The Balaban J connectivity index is 2.30. The molecule has 0 saturated heterocycles. The van der Waals surface area contributed by atoms with Crippen molar-refractivity contribution in [2.75, 3.05) is 18.9 Å². The quantitative estimate of drug-likeness (QED) is 0.164. The molecule has 1 heterocycles. The van der Waals surface area contributed by atoms with E-state index < -0.39 is 32.7 Å². The van der Waals surface area contributed by atoms with E-state index in [2.05, 4.69) is 26.4 Å². The van der Waals surface area contributed by atoms with E-state index in [0.29, 0.717) is 10.2 Å². The number of carbonyl (C=O) groups excluding carboxylic acids is 1. The number of anilines is 1. The molecule has 0 fully saturated rings. The zero-order valence-corrected chi connectivity index (χ0v) is 18.4. The van der Waals surface area contributed by atoms with E-state index in [9.17, 15) is 18.0 Å². The number of aromatic nitrogens is 1. The molecule has 1 aromatic heterocycles. The summed E-state index contributed by atoms with van der Waals surface area (Å²) in [5, 5.41) is 5.81. The van der Waals surface area contributed by atoms with Gasteiger partial charge in [0.05, 0.1) is 17.1 Å². The van der Waals surface area contributed by atoms with Crippen LogP contribution < -0.4 is 28.1 Å². The van der Waals surface area contributed by atoms with E-state index in [-0.39, 0.29) is 29.7 Å². The Hall–Kier alpha value is -3.06. The fraction of sp³-hybridized carbons (Fsp3) is 0.235. The van der Waals surface area contributed by atoms with Gasteiger partial charge in [0.2, 0.25) is 21.7 Å². The van der Waals surface area contributed by atoms with E-state index in [1.165, 1.54) is 24.3 Å². The number of benzene rings is 1. The Labute approximate surface area is 180 Å². The van der Waals surface area contributed by atoms with E-state index in [1.807, 2.05) is 0 Å². The maximum atomic E-state index is 13.0. The van der Waals surface area contributed by atoms with Crippen LogP contribution >= 0.6 is 15.9 Å². The maximum Gasteiger partial charge on any atom is 0.272 e. The predicted molar refractivity (Wildman–Crippen MR) is 114 cm³/mol. The number of halogens is 1. The number of rotatable bonds is 8. The number of sulfone groups is 1. The summed E-state index contributed by atoms with van der Waals surface area (Å²) in [4.78, 5) is 29.2. The first-order valence-corrected chi connectivity index (χ1v) is 10.8. The Morgan fingerprint density at radius 3 is 2.63 bits per heavy atom. The molecule has 0 saturated carbocycles. The maximum absolute atomic E-state index is 13.0. The van der Waals surface area contributed by atoms with Gasteiger partial charge in [0.15, 0.2) is 4.90 Å². The highest BCUT2D eigenvalue weighted by atomic mass is 79.9. The Morgan fingerprint density at radius 1 is 1.30 bits per heavy atom. The molecule has 13 heteroatoms. The summed E-state index contributed by atoms with van der Waals surface area (Å²) >= 11 is 3.20. The number of oxime groups is 1. The van der Waals surface area contributed by atoms with Gasteiger partial charge in [-0.1, -0.05) is 22.0 Å². The van der Waals surface area contributed by atoms with Crippen LogP contribution in [0.15, 0.2) is 54.5 Å². The minimum Gasteiger partial charge on any atom is -0.397 e. The summed E-state index contributed by atoms with van der Waals surface area (Å²) in [5.41, 5.74) is 15.3. The largest absolute Gasteiger partial charge is 0.397 e. The normalized spacial score (nSPS) is 11.0. The van der Waals surface area contributed by atoms with Crippen LogP contribution in [0.1, 0.15) is 5.69 Å². The van der Waals surface area contributed by atoms with Crippen molar-refractivity contribution in [3.63, 3.8) is 0 Å².